The Balaban J connectivity index is 1.10. The number of hydrogen-bond donors (Lipinski definition) is 2. The Morgan fingerprint density at radius 2 is 1.55 bits per heavy atom. The fourth-order valence-electron chi connectivity index (χ4n) is 5.62. The van der Waals surface area contributed by atoms with Gasteiger partial charge in [-0.3, -0.25) is 24.2 Å². The molecule has 1 aromatic carbocycles. The van der Waals surface area contributed by atoms with Crippen molar-refractivity contribution in [2.24, 2.45) is 23.7 Å². The second kappa shape index (κ2) is 8.20. The van der Waals surface area contributed by atoms with Crippen LogP contribution in [0.5, 0.6) is 0 Å². The number of carbonyl (C=O) groups is 3. The Kier molecular flexibility index (Phi) is 5.40. The van der Waals surface area contributed by atoms with Crippen LogP contribution in [0.2, 0.25) is 0 Å². The van der Waals surface area contributed by atoms with E-state index in [4.69, 9.17) is 0 Å². The van der Waals surface area contributed by atoms with E-state index in [1.807, 2.05) is 12.1 Å². The topological polar surface area (TPSA) is 90.0 Å². The van der Waals surface area contributed by atoms with Gasteiger partial charge in [0.1, 0.15) is 6.54 Å². The van der Waals surface area contributed by atoms with Crippen molar-refractivity contribution in [3.8, 4) is 0 Å². The normalized spacial score (nSPS) is 30.3. The van der Waals surface area contributed by atoms with Crippen molar-refractivity contribution in [3.63, 3.8) is 0 Å². The maximum absolute atomic E-state index is 12.7. The van der Waals surface area contributed by atoms with Crippen LogP contribution in [0.4, 0.5) is 0 Å². The van der Waals surface area contributed by atoms with Crippen molar-refractivity contribution in [2.75, 3.05) is 19.6 Å². The first-order valence-electron chi connectivity index (χ1n) is 11.3. The van der Waals surface area contributed by atoms with Crippen LogP contribution in [-0.4, -0.2) is 58.4 Å². The number of nitrogens with zero attached hydrogens (tertiary/aromatic N) is 2. The van der Waals surface area contributed by atoms with E-state index in [0.717, 1.165) is 49.4 Å². The molecule has 2 N–H and O–H groups in total. The minimum Gasteiger partial charge on any atom is -0.393 e. The van der Waals surface area contributed by atoms with E-state index in [1.165, 1.54) is 5.56 Å². The minimum atomic E-state index is -0.307. The molecule has 31 heavy (non-hydrogen) atoms. The highest BCUT2D eigenvalue weighted by atomic mass is 16.3. The molecule has 2 heterocycles. The smallest absolute Gasteiger partial charge is 0.240 e. The summed E-state index contributed by atoms with van der Waals surface area (Å²) in [7, 11) is 0. The van der Waals surface area contributed by atoms with Crippen molar-refractivity contribution >= 4 is 17.7 Å². The number of hydrogen-bond acceptors (Lipinski definition) is 5. The largest absolute Gasteiger partial charge is 0.393 e. The molecule has 2 aliphatic heterocycles. The number of rotatable bonds is 6. The Bertz CT molecular complexity index is 874. The molecule has 7 nitrogen and oxygen atoms in total. The summed E-state index contributed by atoms with van der Waals surface area (Å²) >= 11 is 0. The molecule has 5 rings (SSSR count). The molecule has 7 heteroatoms. The zero-order valence-corrected chi connectivity index (χ0v) is 17.6. The van der Waals surface area contributed by atoms with Crippen LogP contribution in [-0.2, 0) is 27.5 Å². The number of likely N-dealkylation sites (tertiary alicyclic amines) is 2. The number of piperidine rings is 1. The molecule has 3 fully saturated rings. The lowest BCUT2D eigenvalue weighted by atomic mass is 9.85. The van der Waals surface area contributed by atoms with Gasteiger partial charge in [0, 0.05) is 26.2 Å². The fourth-order valence-corrected chi connectivity index (χ4v) is 5.62. The van der Waals surface area contributed by atoms with Crippen molar-refractivity contribution in [1.29, 1.82) is 0 Å². The van der Waals surface area contributed by atoms with Crippen LogP contribution in [0.3, 0.4) is 0 Å². The van der Waals surface area contributed by atoms with Gasteiger partial charge in [-0.25, -0.2) is 0 Å². The molecule has 164 valence electrons. The predicted octanol–water partition coefficient (Wildman–Crippen LogP) is 1.07. The van der Waals surface area contributed by atoms with Crippen LogP contribution in [0.25, 0.3) is 0 Å². The first-order chi connectivity index (χ1) is 15.0. The molecule has 1 aromatic rings. The van der Waals surface area contributed by atoms with Crippen molar-refractivity contribution in [3.05, 3.63) is 47.5 Å². The maximum atomic E-state index is 12.7. The van der Waals surface area contributed by atoms with Gasteiger partial charge in [-0.2, -0.15) is 0 Å². The van der Waals surface area contributed by atoms with E-state index >= 15 is 0 Å². The lowest BCUT2D eigenvalue weighted by Crippen LogP contribution is -2.41. The zero-order chi connectivity index (χ0) is 21.5. The number of benzene rings is 1. The Morgan fingerprint density at radius 3 is 2.16 bits per heavy atom. The Hall–Kier alpha value is -2.51. The number of nitrogens with one attached hydrogen (secondary N) is 1. The van der Waals surface area contributed by atoms with Gasteiger partial charge >= 0.3 is 0 Å². The van der Waals surface area contributed by atoms with E-state index in [-0.39, 0.29) is 54.0 Å². The molecular weight excluding hydrogens is 394 g/mol. The van der Waals surface area contributed by atoms with E-state index < -0.39 is 0 Å². The van der Waals surface area contributed by atoms with E-state index in [1.54, 1.807) is 0 Å². The maximum Gasteiger partial charge on any atom is 0.240 e. The molecule has 0 radical (unpaired) electrons. The third-order valence-electron chi connectivity index (χ3n) is 7.34. The van der Waals surface area contributed by atoms with E-state index in [9.17, 15) is 19.5 Å². The van der Waals surface area contributed by atoms with Crippen molar-refractivity contribution in [2.45, 2.75) is 38.5 Å². The summed E-state index contributed by atoms with van der Waals surface area (Å²) < 4.78 is 0. The van der Waals surface area contributed by atoms with Crippen LogP contribution in [0.1, 0.15) is 30.4 Å². The number of allylic oxidation sites excluding steroid dienone is 2. The van der Waals surface area contributed by atoms with Crippen LogP contribution in [0.15, 0.2) is 36.4 Å². The molecule has 2 aliphatic carbocycles. The van der Waals surface area contributed by atoms with Crippen LogP contribution in [0, 0.1) is 23.7 Å². The summed E-state index contributed by atoms with van der Waals surface area (Å²) in [5, 5.41) is 12.5. The highest BCUT2D eigenvalue weighted by Gasteiger charge is 2.59. The number of fused-ring (bicyclic) bond motifs is 5. The molecule has 3 amide bonds. The SMILES string of the molecule is O=C(CN1C(=O)C2C3C=CC(C3)C2C1=O)NCc1ccc(CN2CCC(O)CC2)cc1. The third kappa shape index (κ3) is 3.92. The number of aliphatic hydroxyl groups excluding tert-OH is 1. The van der Waals surface area contributed by atoms with Gasteiger partial charge < -0.3 is 10.4 Å². The lowest BCUT2D eigenvalue weighted by Gasteiger charge is -2.29. The second-order valence-electron chi connectivity index (χ2n) is 9.36. The third-order valence-corrected chi connectivity index (χ3v) is 7.34. The molecule has 4 aliphatic rings. The Labute approximate surface area is 182 Å². The number of imide groups is 1. The van der Waals surface area contributed by atoms with Gasteiger partial charge in [-0.05, 0) is 42.2 Å². The summed E-state index contributed by atoms with van der Waals surface area (Å²) in [6.07, 6.45) is 6.48. The molecule has 2 bridgehead atoms. The van der Waals surface area contributed by atoms with E-state index in [2.05, 4.69) is 34.5 Å². The van der Waals surface area contributed by atoms with Crippen LogP contribution < -0.4 is 5.32 Å². The molecule has 0 spiro atoms. The molecule has 2 saturated heterocycles. The molecule has 0 aromatic heterocycles. The van der Waals surface area contributed by atoms with Gasteiger partial charge in [0.2, 0.25) is 17.7 Å². The van der Waals surface area contributed by atoms with Gasteiger partial charge in [-0.1, -0.05) is 36.4 Å². The van der Waals surface area contributed by atoms with Crippen molar-refractivity contribution in [1.82, 2.24) is 15.1 Å². The zero-order valence-electron chi connectivity index (χ0n) is 17.6. The lowest BCUT2D eigenvalue weighted by molar-refractivity contribution is -0.144. The molecular formula is C24H29N3O4. The highest BCUT2D eigenvalue weighted by molar-refractivity contribution is 6.08. The van der Waals surface area contributed by atoms with Crippen LogP contribution >= 0.6 is 0 Å². The quantitative estimate of drug-likeness (QED) is 0.528. The summed E-state index contributed by atoms with van der Waals surface area (Å²) in [6.45, 7) is 2.85. The minimum absolute atomic E-state index is 0.160. The number of carbonyl (C=O) groups excluding carboxylic acids is 3. The average molecular weight is 424 g/mol. The Morgan fingerprint density at radius 1 is 0.968 bits per heavy atom. The predicted molar refractivity (Wildman–Crippen MR) is 113 cm³/mol. The monoisotopic (exact) mass is 423 g/mol. The summed E-state index contributed by atoms with van der Waals surface area (Å²) in [5.74, 6) is -0.871. The first kappa shape index (κ1) is 20.4. The second-order valence-corrected chi connectivity index (χ2v) is 9.36. The number of amides is 3. The first-order valence-corrected chi connectivity index (χ1v) is 11.3. The van der Waals surface area contributed by atoms with Gasteiger partial charge in [0.25, 0.3) is 0 Å². The molecule has 4 unspecified atom stereocenters. The van der Waals surface area contributed by atoms with Gasteiger partial charge in [-0.15, -0.1) is 0 Å². The number of aliphatic hydroxyl groups is 1. The van der Waals surface area contributed by atoms with Gasteiger partial charge in [0.05, 0.1) is 17.9 Å². The molecule has 4 atom stereocenters. The highest BCUT2D eigenvalue weighted by Crippen LogP contribution is 2.52. The van der Waals surface area contributed by atoms with Crippen molar-refractivity contribution < 1.29 is 19.5 Å². The fraction of sp³-hybridized carbons (Fsp3) is 0.542. The summed E-state index contributed by atoms with van der Waals surface area (Å²) in [5.41, 5.74) is 2.18. The standard InChI is InChI=1S/C24H29N3O4/c28-19-7-9-26(10-8-19)13-16-3-1-15(2-4-16)12-25-20(29)14-27-23(30)21-17-5-6-18(11-17)22(21)24(27)31/h1-6,17-19,21-22,28H,7-14H2,(H,25,29). The van der Waals surface area contributed by atoms with Gasteiger partial charge in [0.15, 0.2) is 0 Å². The summed E-state index contributed by atoms with van der Waals surface area (Å²) in [4.78, 5) is 41.3. The summed E-state index contributed by atoms with van der Waals surface area (Å²) in [6, 6.07) is 8.11. The molecule has 1 saturated carbocycles. The van der Waals surface area contributed by atoms with E-state index in [0.29, 0.717) is 6.54 Å². The average Bonchev–Trinajstić information content (AvgIpc) is 3.45.